The van der Waals surface area contributed by atoms with E-state index >= 15 is 0 Å². The normalized spacial score (nSPS) is 10.9. The first kappa shape index (κ1) is 20.1. The molecule has 1 amide bonds. The molecule has 1 aromatic carbocycles. The number of nitrogens with zero attached hydrogens (tertiary/aromatic N) is 2. The van der Waals surface area contributed by atoms with E-state index in [0.29, 0.717) is 11.5 Å². The van der Waals surface area contributed by atoms with Crippen LogP contribution in [0.15, 0.2) is 29.6 Å². The molecule has 0 spiro atoms. The Balaban J connectivity index is 1.66. The topological polar surface area (TPSA) is 56.2 Å². The van der Waals surface area contributed by atoms with Crippen LogP contribution in [0.3, 0.4) is 0 Å². The molecule has 0 aliphatic rings. The summed E-state index contributed by atoms with van der Waals surface area (Å²) in [7, 11) is 0. The van der Waals surface area contributed by atoms with Crippen LogP contribution in [0.4, 0.5) is 5.82 Å². The lowest BCUT2D eigenvalue weighted by atomic mass is 10.1. The lowest BCUT2D eigenvalue weighted by Crippen LogP contribution is -2.14. The van der Waals surface area contributed by atoms with Crippen molar-refractivity contribution in [2.24, 2.45) is 0 Å². The minimum Gasteiger partial charge on any atom is -0.488 e. The Hall–Kier alpha value is -2.60. The standard InChI is InChI=1S/C22H27N3O2S/c1-6-7-25-20(10-17(5)24-25)23-22(26)19-11-18(13-28-19)12-27-21-15(3)8-14(2)9-16(21)4/h8-11,13H,6-7,12H2,1-5H3,(H,23,26). The molecule has 3 aromatic rings. The first-order valence-corrected chi connectivity index (χ1v) is 10.4. The summed E-state index contributed by atoms with van der Waals surface area (Å²) in [4.78, 5) is 13.3. The third-order valence-corrected chi connectivity index (χ3v) is 5.42. The lowest BCUT2D eigenvalue weighted by Gasteiger charge is -2.12. The number of amides is 1. The third-order valence-electron chi connectivity index (χ3n) is 4.44. The number of hydrogen-bond donors (Lipinski definition) is 1. The van der Waals surface area contributed by atoms with E-state index in [1.807, 2.05) is 29.1 Å². The summed E-state index contributed by atoms with van der Waals surface area (Å²) in [5.41, 5.74) is 5.38. The summed E-state index contributed by atoms with van der Waals surface area (Å²) in [6.07, 6.45) is 0.961. The number of nitrogens with one attached hydrogen (secondary N) is 1. The number of aromatic nitrogens is 2. The molecule has 1 N–H and O–H groups in total. The Kier molecular flexibility index (Phi) is 6.19. The van der Waals surface area contributed by atoms with E-state index in [2.05, 4.69) is 50.2 Å². The Morgan fingerprint density at radius 2 is 1.86 bits per heavy atom. The fraction of sp³-hybridized carbons (Fsp3) is 0.364. The second-order valence-electron chi connectivity index (χ2n) is 7.18. The summed E-state index contributed by atoms with van der Waals surface area (Å²) >= 11 is 1.43. The third kappa shape index (κ3) is 4.62. The number of carbonyl (C=O) groups is 1. The molecule has 28 heavy (non-hydrogen) atoms. The zero-order chi connectivity index (χ0) is 20.3. The maximum Gasteiger partial charge on any atom is 0.266 e. The number of thiophene rings is 1. The van der Waals surface area contributed by atoms with Crippen molar-refractivity contribution in [1.82, 2.24) is 9.78 Å². The van der Waals surface area contributed by atoms with Gasteiger partial charge in [-0.1, -0.05) is 24.6 Å². The van der Waals surface area contributed by atoms with Crippen LogP contribution < -0.4 is 10.1 Å². The van der Waals surface area contributed by atoms with E-state index in [9.17, 15) is 4.79 Å². The van der Waals surface area contributed by atoms with E-state index in [1.165, 1.54) is 16.9 Å². The van der Waals surface area contributed by atoms with Crippen molar-refractivity contribution in [2.45, 2.75) is 54.2 Å². The molecule has 0 unspecified atom stereocenters. The van der Waals surface area contributed by atoms with Gasteiger partial charge in [0.25, 0.3) is 5.91 Å². The molecule has 5 nitrogen and oxygen atoms in total. The van der Waals surface area contributed by atoms with Crippen molar-refractivity contribution in [3.05, 3.63) is 62.5 Å². The van der Waals surface area contributed by atoms with Crippen LogP contribution in [0.1, 0.15) is 51.0 Å². The maximum atomic E-state index is 12.6. The van der Waals surface area contributed by atoms with E-state index in [0.717, 1.165) is 46.9 Å². The minimum absolute atomic E-state index is 0.115. The fourth-order valence-electron chi connectivity index (χ4n) is 3.33. The number of aryl methyl sites for hydroxylation is 5. The van der Waals surface area contributed by atoms with Crippen molar-refractivity contribution in [2.75, 3.05) is 5.32 Å². The number of rotatable bonds is 7. The van der Waals surface area contributed by atoms with Gasteiger partial charge >= 0.3 is 0 Å². The van der Waals surface area contributed by atoms with Crippen molar-refractivity contribution in [1.29, 1.82) is 0 Å². The number of carbonyl (C=O) groups excluding carboxylic acids is 1. The molecule has 6 heteroatoms. The molecule has 0 radical (unpaired) electrons. The molecule has 3 rings (SSSR count). The molecule has 148 valence electrons. The highest BCUT2D eigenvalue weighted by molar-refractivity contribution is 7.12. The van der Waals surface area contributed by atoms with Gasteiger partial charge in [0.15, 0.2) is 0 Å². The van der Waals surface area contributed by atoms with E-state index in [1.54, 1.807) is 0 Å². The molecule has 2 aromatic heterocycles. The molecule has 0 aliphatic heterocycles. The van der Waals surface area contributed by atoms with Gasteiger partial charge in [-0.05, 0) is 56.7 Å². The van der Waals surface area contributed by atoms with Gasteiger partial charge in [0.05, 0.1) is 10.6 Å². The molecular weight excluding hydrogens is 370 g/mol. The predicted octanol–water partition coefficient (Wildman–Crippen LogP) is 5.42. The first-order valence-electron chi connectivity index (χ1n) is 9.51. The first-order chi connectivity index (χ1) is 13.4. The summed E-state index contributed by atoms with van der Waals surface area (Å²) in [6.45, 7) is 11.4. The maximum absolute atomic E-state index is 12.6. The molecule has 0 atom stereocenters. The van der Waals surface area contributed by atoms with Crippen LogP contribution in [0.5, 0.6) is 5.75 Å². The van der Waals surface area contributed by atoms with E-state index < -0.39 is 0 Å². The van der Waals surface area contributed by atoms with Crippen LogP contribution >= 0.6 is 11.3 Å². The summed E-state index contributed by atoms with van der Waals surface area (Å²) in [5.74, 6) is 1.54. The molecule has 0 bridgehead atoms. The van der Waals surface area contributed by atoms with Gasteiger partial charge in [-0.2, -0.15) is 5.10 Å². The van der Waals surface area contributed by atoms with Gasteiger partial charge in [-0.15, -0.1) is 11.3 Å². The summed E-state index contributed by atoms with van der Waals surface area (Å²) in [5, 5.41) is 9.37. The molecule has 2 heterocycles. The zero-order valence-corrected chi connectivity index (χ0v) is 17.9. The van der Waals surface area contributed by atoms with Crippen molar-refractivity contribution in [3.8, 4) is 5.75 Å². The Morgan fingerprint density at radius 3 is 2.54 bits per heavy atom. The Bertz CT molecular complexity index is 965. The minimum atomic E-state index is -0.115. The summed E-state index contributed by atoms with van der Waals surface area (Å²) in [6, 6.07) is 8.03. The fourth-order valence-corrected chi connectivity index (χ4v) is 4.12. The molecular formula is C22H27N3O2S. The van der Waals surface area contributed by atoms with E-state index in [4.69, 9.17) is 4.74 Å². The van der Waals surface area contributed by atoms with Gasteiger partial charge in [-0.3, -0.25) is 4.79 Å². The lowest BCUT2D eigenvalue weighted by molar-refractivity contribution is 0.102. The average molecular weight is 398 g/mol. The van der Waals surface area contributed by atoms with Gasteiger partial charge in [0.2, 0.25) is 0 Å². The highest BCUT2D eigenvalue weighted by Gasteiger charge is 2.14. The van der Waals surface area contributed by atoms with Crippen molar-refractivity contribution >= 4 is 23.1 Å². The largest absolute Gasteiger partial charge is 0.488 e. The highest BCUT2D eigenvalue weighted by atomic mass is 32.1. The van der Waals surface area contributed by atoms with Crippen molar-refractivity contribution < 1.29 is 9.53 Å². The molecule has 0 saturated heterocycles. The van der Waals surface area contributed by atoms with Gasteiger partial charge in [0, 0.05) is 18.2 Å². The van der Waals surface area contributed by atoms with Gasteiger partial charge < -0.3 is 10.1 Å². The second-order valence-corrected chi connectivity index (χ2v) is 8.10. The monoisotopic (exact) mass is 397 g/mol. The molecule has 0 aliphatic carbocycles. The SMILES string of the molecule is CCCn1nc(C)cc1NC(=O)c1cc(COc2c(C)cc(C)cc2C)cs1. The highest BCUT2D eigenvalue weighted by Crippen LogP contribution is 2.26. The zero-order valence-electron chi connectivity index (χ0n) is 17.1. The predicted molar refractivity (Wildman–Crippen MR) is 115 cm³/mol. The van der Waals surface area contributed by atoms with Crippen molar-refractivity contribution in [3.63, 3.8) is 0 Å². The van der Waals surface area contributed by atoms with Crippen LogP contribution in [0, 0.1) is 27.7 Å². The molecule has 0 saturated carbocycles. The van der Waals surface area contributed by atoms with Crippen LogP contribution in [0.2, 0.25) is 0 Å². The number of benzene rings is 1. The second kappa shape index (κ2) is 8.61. The quantitative estimate of drug-likeness (QED) is 0.579. The average Bonchev–Trinajstić information content (AvgIpc) is 3.21. The molecule has 0 fully saturated rings. The van der Waals surface area contributed by atoms with E-state index in [-0.39, 0.29) is 5.91 Å². The van der Waals surface area contributed by atoms with Gasteiger partial charge in [0.1, 0.15) is 18.2 Å². The smallest absolute Gasteiger partial charge is 0.266 e. The van der Waals surface area contributed by atoms with Gasteiger partial charge in [-0.25, -0.2) is 4.68 Å². The van der Waals surface area contributed by atoms with Crippen LogP contribution in [-0.4, -0.2) is 15.7 Å². The Labute approximate surface area is 170 Å². The summed E-state index contributed by atoms with van der Waals surface area (Å²) < 4.78 is 7.88. The van der Waals surface area contributed by atoms with Crippen LogP contribution in [-0.2, 0) is 13.2 Å². The van der Waals surface area contributed by atoms with Crippen LogP contribution in [0.25, 0.3) is 0 Å². The number of ether oxygens (including phenoxy) is 1. The number of hydrogen-bond acceptors (Lipinski definition) is 4. The Morgan fingerprint density at radius 1 is 1.14 bits per heavy atom. The number of anilines is 1.